The number of aliphatic hydroxyl groups is 1. The zero-order valence-electron chi connectivity index (χ0n) is 10.3. The van der Waals surface area contributed by atoms with E-state index in [-0.39, 0.29) is 6.61 Å². The summed E-state index contributed by atoms with van der Waals surface area (Å²) in [5.74, 6) is 1.22. The van der Waals surface area contributed by atoms with Crippen LogP contribution in [0.3, 0.4) is 0 Å². The smallest absolute Gasteiger partial charge is 0.130 e. The van der Waals surface area contributed by atoms with Crippen LogP contribution in [0.15, 0.2) is 18.2 Å². The SMILES string of the molecule is COc1cc(C#N)ccc1C(C)C.N#CCO. The molecule has 0 saturated heterocycles. The molecule has 0 fully saturated rings. The lowest BCUT2D eigenvalue weighted by Crippen LogP contribution is -1.94. The van der Waals surface area contributed by atoms with Gasteiger partial charge in [0.05, 0.1) is 24.8 Å². The second-order valence-corrected chi connectivity index (χ2v) is 3.54. The maximum Gasteiger partial charge on any atom is 0.130 e. The van der Waals surface area contributed by atoms with Crippen molar-refractivity contribution in [2.75, 3.05) is 13.7 Å². The topological polar surface area (TPSA) is 77.0 Å². The van der Waals surface area contributed by atoms with Gasteiger partial charge in [0, 0.05) is 0 Å². The Morgan fingerprint density at radius 3 is 2.29 bits per heavy atom. The first-order valence-corrected chi connectivity index (χ1v) is 5.16. The van der Waals surface area contributed by atoms with Crippen LogP contribution >= 0.6 is 0 Å². The van der Waals surface area contributed by atoms with Gasteiger partial charge >= 0.3 is 0 Å². The van der Waals surface area contributed by atoms with Crippen LogP contribution in [-0.2, 0) is 0 Å². The summed E-state index contributed by atoms with van der Waals surface area (Å²) in [5, 5.41) is 23.6. The quantitative estimate of drug-likeness (QED) is 0.793. The molecular weight excluding hydrogens is 216 g/mol. The van der Waals surface area contributed by atoms with Crippen molar-refractivity contribution >= 4 is 0 Å². The van der Waals surface area contributed by atoms with Crippen molar-refractivity contribution < 1.29 is 9.84 Å². The van der Waals surface area contributed by atoms with Crippen LogP contribution < -0.4 is 4.74 Å². The van der Waals surface area contributed by atoms with Gasteiger partial charge in [-0.1, -0.05) is 19.9 Å². The average molecular weight is 232 g/mol. The van der Waals surface area contributed by atoms with Crippen molar-refractivity contribution in [1.29, 1.82) is 10.5 Å². The Labute approximate surface area is 102 Å². The largest absolute Gasteiger partial charge is 0.496 e. The number of nitriles is 2. The lowest BCUT2D eigenvalue weighted by atomic mass is 10.0. The summed E-state index contributed by atoms with van der Waals surface area (Å²) in [5.41, 5.74) is 1.78. The summed E-state index contributed by atoms with van der Waals surface area (Å²) in [6.07, 6.45) is 0. The van der Waals surface area contributed by atoms with Gasteiger partial charge in [-0.15, -0.1) is 0 Å². The molecule has 0 radical (unpaired) electrons. The molecule has 0 aliphatic carbocycles. The molecule has 0 spiro atoms. The van der Waals surface area contributed by atoms with Gasteiger partial charge in [-0.3, -0.25) is 0 Å². The average Bonchev–Trinajstić information content (AvgIpc) is 2.37. The van der Waals surface area contributed by atoms with Crippen LogP contribution in [0.1, 0.15) is 30.9 Å². The van der Waals surface area contributed by atoms with Crippen LogP contribution in [0, 0.1) is 22.7 Å². The van der Waals surface area contributed by atoms with Gasteiger partial charge < -0.3 is 9.84 Å². The molecule has 0 bridgehead atoms. The van der Waals surface area contributed by atoms with Crippen LogP contribution in [0.25, 0.3) is 0 Å². The standard InChI is InChI=1S/C11H13NO.C2H3NO/c1-8(2)10-5-4-9(7-12)6-11(10)13-3;3-1-2-4/h4-6,8H,1-3H3;4H,2H2. The van der Waals surface area contributed by atoms with Gasteiger partial charge in [0.25, 0.3) is 0 Å². The zero-order chi connectivity index (χ0) is 13.3. The second kappa shape index (κ2) is 8.15. The maximum absolute atomic E-state index is 8.68. The lowest BCUT2D eigenvalue weighted by molar-refractivity contribution is 0.348. The van der Waals surface area contributed by atoms with Crippen molar-refractivity contribution in [3.8, 4) is 17.9 Å². The predicted octanol–water partition coefficient (Wildman–Crippen LogP) is 2.19. The summed E-state index contributed by atoms with van der Waals surface area (Å²) in [6.45, 7) is 3.83. The van der Waals surface area contributed by atoms with Crippen molar-refractivity contribution in [3.63, 3.8) is 0 Å². The van der Waals surface area contributed by atoms with Crippen molar-refractivity contribution in [2.45, 2.75) is 19.8 Å². The highest BCUT2D eigenvalue weighted by molar-refractivity contribution is 5.43. The molecule has 1 N–H and O–H groups in total. The van der Waals surface area contributed by atoms with E-state index in [9.17, 15) is 0 Å². The Morgan fingerprint density at radius 1 is 1.35 bits per heavy atom. The lowest BCUT2D eigenvalue weighted by Gasteiger charge is -2.11. The fourth-order valence-corrected chi connectivity index (χ4v) is 1.26. The van der Waals surface area contributed by atoms with Crippen LogP contribution in [0.2, 0.25) is 0 Å². The minimum atomic E-state index is -0.375. The molecule has 0 amide bonds. The number of nitrogens with zero attached hydrogens (tertiary/aromatic N) is 2. The third kappa shape index (κ3) is 5.01. The molecule has 1 aromatic carbocycles. The molecule has 0 saturated carbocycles. The highest BCUT2D eigenvalue weighted by Gasteiger charge is 2.07. The molecule has 4 nitrogen and oxygen atoms in total. The summed E-state index contributed by atoms with van der Waals surface area (Å²) >= 11 is 0. The highest BCUT2D eigenvalue weighted by atomic mass is 16.5. The molecule has 17 heavy (non-hydrogen) atoms. The number of methoxy groups -OCH3 is 1. The summed E-state index contributed by atoms with van der Waals surface area (Å²) in [7, 11) is 1.63. The van der Waals surface area contributed by atoms with Crippen molar-refractivity contribution in [2.24, 2.45) is 0 Å². The molecule has 0 unspecified atom stereocenters. The van der Waals surface area contributed by atoms with Gasteiger partial charge in [0.1, 0.15) is 12.4 Å². The third-order valence-corrected chi connectivity index (χ3v) is 2.06. The minimum Gasteiger partial charge on any atom is -0.496 e. The molecule has 0 aliphatic rings. The van der Waals surface area contributed by atoms with Gasteiger partial charge in [-0.05, 0) is 23.6 Å². The number of rotatable bonds is 2. The fourth-order valence-electron chi connectivity index (χ4n) is 1.26. The van der Waals surface area contributed by atoms with Gasteiger partial charge in [-0.2, -0.15) is 10.5 Å². The number of hydrogen-bond donors (Lipinski definition) is 1. The van der Waals surface area contributed by atoms with E-state index in [0.717, 1.165) is 11.3 Å². The summed E-state index contributed by atoms with van der Waals surface area (Å²) in [4.78, 5) is 0. The van der Waals surface area contributed by atoms with Crippen molar-refractivity contribution in [1.82, 2.24) is 0 Å². The Kier molecular flexibility index (Phi) is 7.17. The van der Waals surface area contributed by atoms with E-state index in [1.165, 1.54) is 6.07 Å². The van der Waals surface area contributed by atoms with Gasteiger partial charge in [-0.25, -0.2) is 0 Å². The Morgan fingerprint density at radius 2 is 1.94 bits per heavy atom. The van der Waals surface area contributed by atoms with Crippen LogP contribution in [0.4, 0.5) is 0 Å². The number of benzene rings is 1. The van der Waals surface area contributed by atoms with Gasteiger partial charge in [0.2, 0.25) is 0 Å². The Hall–Kier alpha value is -2.04. The molecule has 90 valence electrons. The first kappa shape index (κ1) is 15.0. The van der Waals surface area contributed by atoms with E-state index in [1.807, 2.05) is 12.1 Å². The third-order valence-electron chi connectivity index (χ3n) is 2.06. The normalized spacial score (nSPS) is 8.65. The molecule has 1 aromatic rings. The van der Waals surface area contributed by atoms with Crippen LogP contribution in [0.5, 0.6) is 5.75 Å². The molecule has 0 heterocycles. The van der Waals surface area contributed by atoms with Crippen molar-refractivity contribution in [3.05, 3.63) is 29.3 Å². The first-order chi connectivity index (χ1) is 8.10. The predicted molar refractivity (Wildman–Crippen MR) is 64.5 cm³/mol. The molecule has 0 aliphatic heterocycles. The van der Waals surface area contributed by atoms with E-state index < -0.39 is 0 Å². The number of aliphatic hydroxyl groups excluding tert-OH is 1. The molecule has 4 heteroatoms. The number of hydrogen-bond acceptors (Lipinski definition) is 4. The molecule has 0 atom stereocenters. The Balaban J connectivity index is 0.000000557. The number of ether oxygens (including phenoxy) is 1. The van der Waals surface area contributed by atoms with E-state index in [2.05, 4.69) is 19.9 Å². The zero-order valence-corrected chi connectivity index (χ0v) is 10.3. The Bertz CT molecular complexity index is 428. The fraction of sp³-hybridized carbons (Fsp3) is 0.385. The summed E-state index contributed by atoms with van der Waals surface area (Å²) < 4.78 is 5.20. The monoisotopic (exact) mass is 232 g/mol. The van der Waals surface area contributed by atoms with Gasteiger partial charge in [0.15, 0.2) is 0 Å². The maximum atomic E-state index is 8.68. The van der Waals surface area contributed by atoms with Crippen LogP contribution in [-0.4, -0.2) is 18.8 Å². The van der Waals surface area contributed by atoms with E-state index >= 15 is 0 Å². The van der Waals surface area contributed by atoms with E-state index in [4.69, 9.17) is 20.4 Å². The minimum absolute atomic E-state index is 0.375. The first-order valence-electron chi connectivity index (χ1n) is 5.16. The molecular formula is C13H16N2O2. The highest BCUT2D eigenvalue weighted by Crippen LogP contribution is 2.26. The van der Waals surface area contributed by atoms with E-state index in [1.54, 1.807) is 13.2 Å². The summed E-state index contributed by atoms with van der Waals surface area (Å²) in [6, 6.07) is 9.11. The molecule has 0 aromatic heterocycles. The molecule has 1 rings (SSSR count). The second-order valence-electron chi connectivity index (χ2n) is 3.54. The van der Waals surface area contributed by atoms with E-state index in [0.29, 0.717) is 11.5 Å².